The Morgan fingerprint density at radius 1 is 0.857 bits per heavy atom. The van der Waals surface area contributed by atoms with Crippen LogP contribution in [0.4, 0.5) is 0 Å². The first-order valence-corrected chi connectivity index (χ1v) is 10.8. The quantitative estimate of drug-likeness (QED) is 0.469. The number of ether oxygens (including phenoxy) is 1. The average molecular weight is 390 g/mol. The second-order valence-corrected chi connectivity index (χ2v) is 7.56. The molecule has 2 aliphatic heterocycles. The van der Waals surface area contributed by atoms with Gasteiger partial charge >= 0.3 is 0 Å². The maximum Gasteiger partial charge on any atom is 0.245 e. The van der Waals surface area contributed by atoms with E-state index in [1.807, 2.05) is 29.2 Å². The fraction of sp³-hybridized carbons (Fsp3) is 0.636. The van der Waals surface area contributed by atoms with Gasteiger partial charge in [-0.2, -0.15) is 0 Å². The van der Waals surface area contributed by atoms with Crippen molar-refractivity contribution in [2.24, 2.45) is 0 Å². The maximum atomic E-state index is 6.21. The van der Waals surface area contributed by atoms with E-state index in [4.69, 9.17) is 14.4 Å². The van der Waals surface area contributed by atoms with E-state index in [1.54, 1.807) is 6.26 Å². The molecule has 0 saturated carbocycles. The molecule has 1 aromatic rings. The summed E-state index contributed by atoms with van der Waals surface area (Å²) in [6.45, 7) is 8.00. The van der Waals surface area contributed by atoms with Crippen molar-refractivity contribution >= 4 is 0 Å². The molecule has 156 valence electrons. The predicted molar refractivity (Wildman–Crippen MR) is 111 cm³/mol. The van der Waals surface area contributed by atoms with Crippen LogP contribution in [0.15, 0.2) is 24.5 Å². The van der Waals surface area contributed by atoms with Gasteiger partial charge in [-0.15, -0.1) is 10.1 Å². The van der Waals surface area contributed by atoms with Crippen molar-refractivity contribution in [3.8, 4) is 17.5 Å². The Hall–Kier alpha value is -1.92. The number of hydrogen-bond acceptors (Lipinski definition) is 5. The molecular weight excluding hydrogens is 354 g/mol. The summed E-state index contributed by atoms with van der Waals surface area (Å²) in [5.41, 5.74) is 0.945. The van der Waals surface area contributed by atoms with Crippen LogP contribution in [0.25, 0.3) is 0 Å². The van der Waals surface area contributed by atoms with Crippen LogP contribution in [-0.2, 0) is 0 Å². The van der Waals surface area contributed by atoms with Gasteiger partial charge in [0.1, 0.15) is 0 Å². The van der Waals surface area contributed by atoms with Crippen LogP contribution in [0.3, 0.4) is 0 Å². The molecule has 3 rings (SSSR count). The van der Waals surface area contributed by atoms with Gasteiger partial charge in [-0.1, -0.05) is 38.3 Å². The molecule has 28 heavy (non-hydrogen) atoms. The molecule has 1 aromatic heterocycles. The standard InChI is InChI=1S/C22H35N3O3/c1-3-4-5-6-13-18-26-22-20(27-24-14-9-7-10-15-24)19(2)21(23-22)28-25-16-11-8-12-17-25/h5-6,13,18,23H,3-4,7-12,14-17H2,1-2H3. The average Bonchev–Trinajstić information content (AvgIpc) is 3.01. The first-order chi connectivity index (χ1) is 13.8. The number of aromatic nitrogens is 1. The molecule has 2 fully saturated rings. The van der Waals surface area contributed by atoms with Gasteiger partial charge in [0.05, 0.1) is 11.8 Å². The van der Waals surface area contributed by atoms with Crippen molar-refractivity contribution in [3.05, 3.63) is 30.1 Å². The van der Waals surface area contributed by atoms with Crippen LogP contribution in [0.1, 0.15) is 63.9 Å². The van der Waals surface area contributed by atoms with E-state index in [9.17, 15) is 0 Å². The molecule has 6 heteroatoms. The number of H-pyrrole nitrogens is 1. The SMILES string of the molecule is CCCC=CC=COc1[nH]c(ON2CCCCC2)c(C)c1ON1CCCCC1. The predicted octanol–water partition coefficient (Wildman–Crippen LogP) is 5.13. The lowest BCUT2D eigenvalue weighted by atomic mass is 10.2. The van der Waals surface area contributed by atoms with E-state index in [1.165, 1.54) is 38.5 Å². The number of rotatable bonds is 9. The smallest absolute Gasteiger partial charge is 0.245 e. The highest BCUT2D eigenvalue weighted by Crippen LogP contribution is 2.39. The molecule has 6 nitrogen and oxygen atoms in total. The number of nitrogens with one attached hydrogen (secondary N) is 1. The summed E-state index contributed by atoms with van der Waals surface area (Å²) in [7, 11) is 0. The molecule has 0 unspecified atom stereocenters. The van der Waals surface area contributed by atoms with Gasteiger partial charge in [0.25, 0.3) is 0 Å². The number of hydrogen-bond donors (Lipinski definition) is 1. The van der Waals surface area contributed by atoms with Gasteiger partial charge in [0.2, 0.25) is 17.5 Å². The van der Waals surface area contributed by atoms with Crippen molar-refractivity contribution in [2.45, 2.75) is 65.2 Å². The van der Waals surface area contributed by atoms with Crippen molar-refractivity contribution in [1.82, 2.24) is 15.1 Å². The number of hydroxylamine groups is 4. The lowest BCUT2D eigenvalue weighted by Crippen LogP contribution is -2.33. The number of nitrogens with zero attached hydrogens (tertiary/aromatic N) is 2. The maximum absolute atomic E-state index is 6.21. The minimum Gasteiger partial charge on any atom is -0.445 e. The Balaban J connectivity index is 1.71. The van der Waals surface area contributed by atoms with Crippen molar-refractivity contribution < 1.29 is 14.4 Å². The third-order valence-corrected chi connectivity index (χ3v) is 5.15. The fourth-order valence-corrected chi connectivity index (χ4v) is 3.48. The Kier molecular flexibility index (Phi) is 8.30. The van der Waals surface area contributed by atoms with Crippen molar-refractivity contribution in [1.29, 1.82) is 0 Å². The third-order valence-electron chi connectivity index (χ3n) is 5.15. The van der Waals surface area contributed by atoms with E-state index in [2.05, 4.69) is 18.0 Å². The molecule has 3 heterocycles. The van der Waals surface area contributed by atoms with E-state index in [0.29, 0.717) is 11.8 Å². The first-order valence-electron chi connectivity index (χ1n) is 10.8. The Bertz CT molecular complexity index is 642. The highest BCUT2D eigenvalue weighted by atomic mass is 16.7. The number of unbranched alkanes of at least 4 members (excludes halogenated alkanes) is 1. The zero-order valence-electron chi connectivity index (χ0n) is 17.4. The molecule has 2 aliphatic rings. The largest absolute Gasteiger partial charge is 0.445 e. The van der Waals surface area contributed by atoms with Gasteiger partial charge in [0, 0.05) is 26.2 Å². The zero-order valence-corrected chi connectivity index (χ0v) is 17.4. The summed E-state index contributed by atoms with van der Waals surface area (Å²) in [6.07, 6.45) is 17.2. The monoisotopic (exact) mass is 389 g/mol. The van der Waals surface area contributed by atoms with E-state index in [0.717, 1.165) is 50.3 Å². The van der Waals surface area contributed by atoms with Gasteiger partial charge in [-0.3, -0.25) is 4.98 Å². The minimum atomic E-state index is 0.593. The van der Waals surface area contributed by atoms with Crippen LogP contribution in [0, 0.1) is 6.92 Å². The summed E-state index contributed by atoms with van der Waals surface area (Å²) in [5.74, 6) is 2.02. The lowest BCUT2D eigenvalue weighted by Gasteiger charge is -2.26. The minimum absolute atomic E-state index is 0.593. The third kappa shape index (κ3) is 6.04. The molecule has 0 aromatic carbocycles. The van der Waals surface area contributed by atoms with E-state index < -0.39 is 0 Å². The van der Waals surface area contributed by atoms with E-state index in [-0.39, 0.29) is 0 Å². The number of allylic oxidation sites excluding steroid dienone is 3. The van der Waals surface area contributed by atoms with Gasteiger partial charge in [0.15, 0.2) is 0 Å². The second-order valence-electron chi connectivity index (χ2n) is 7.56. The summed E-state index contributed by atoms with van der Waals surface area (Å²) in [4.78, 5) is 15.6. The van der Waals surface area contributed by atoms with Gasteiger partial charge in [-0.25, -0.2) is 0 Å². The molecule has 2 saturated heterocycles. The molecule has 0 bridgehead atoms. The van der Waals surface area contributed by atoms with Gasteiger partial charge < -0.3 is 14.4 Å². The van der Waals surface area contributed by atoms with Crippen LogP contribution in [0.5, 0.6) is 17.5 Å². The highest BCUT2D eigenvalue weighted by Gasteiger charge is 2.24. The van der Waals surface area contributed by atoms with Crippen LogP contribution in [0.2, 0.25) is 0 Å². The normalized spacial score (nSPS) is 19.5. The van der Waals surface area contributed by atoms with E-state index >= 15 is 0 Å². The van der Waals surface area contributed by atoms with Crippen LogP contribution in [-0.4, -0.2) is 41.3 Å². The summed E-state index contributed by atoms with van der Waals surface area (Å²) in [5, 5.41) is 4.06. The van der Waals surface area contributed by atoms with Crippen LogP contribution < -0.4 is 14.4 Å². The Morgan fingerprint density at radius 2 is 1.50 bits per heavy atom. The molecule has 0 atom stereocenters. The fourth-order valence-electron chi connectivity index (χ4n) is 3.48. The van der Waals surface area contributed by atoms with Crippen molar-refractivity contribution in [3.63, 3.8) is 0 Å². The summed E-state index contributed by atoms with van der Waals surface area (Å²) < 4.78 is 5.87. The number of aromatic amines is 1. The molecule has 0 spiro atoms. The summed E-state index contributed by atoms with van der Waals surface area (Å²) in [6, 6.07) is 0. The molecule has 0 radical (unpaired) electrons. The topological polar surface area (TPSA) is 50.0 Å². The molecular formula is C22H35N3O3. The Morgan fingerprint density at radius 3 is 2.14 bits per heavy atom. The second kappa shape index (κ2) is 11.2. The van der Waals surface area contributed by atoms with Gasteiger partial charge in [-0.05, 0) is 45.1 Å². The molecule has 0 aliphatic carbocycles. The molecule has 0 amide bonds. The first kappa shape index (κ1) is 20.8. The Labute approximate surface area is 169 Å². The highest BCUT2D eigenvalue weighted by molar-refractivity contribution is 5.49. The van der Waals surface area contributed by atoms with Crippen molar-refractivity contribution in [2.75, 3.05) is 26.2 Å². The lowest BCUT2D eigenvalue weighted by molar-refractivity contribution is -0.0789. The summed E-state index contributed by atoms with van der Waals surface area (Å²) >= 11 is 0. The molecule has 1 N–H and O–H groups in total. The zero-order chi connectivity index (χ0) is 19.6. The van der Waals surface area contributed by atoms with Crippen LogP contribution >= 0.6 is 0 Å². The number of piperidine rings is 2.